The fourth-order valence-corrected chi connectivity index (χ4v) is 4.76. The standard InChI is InChI=1S/C13H15NO2S2/c15-10-2-1-4-14(7-10)13(16)12-6-9-8-17-5-3-11(9)18-12/h6H,1-5,7-8H2. The molecule has 1 aromatic heterocycles. The molecule has 3 nitrogen and oxygen atoms in total. The van der Waals surface area contributed by atoms with Crippen molar-refractivity contribution in [1.82, 2.24) is 4.90 Å². The molecule has 0 spiro atoms. The SMILES string of the molecule is O=C1CCCN(C(=O)c2cc3c(s2)CCSC3)C1. The van der Waals surface area contributed by atoms with Gasteiger partial charge in [0.2, 0.25) is 0 Å². The zero-order chi connectivity index (χ0) is 12.5. The lowest BCUT2D eigenvalue weighted by Gasteiger charge is -2.25. The Hall–Kier alpha value is -0.810. The van der Waals surface area contributed by atoms with E-state index < -0.39 is 0 Å². The lowest BCUT2D eigenvalue weighted by atomic mass is 10.1. The highest BCUT2D eigenvalue weighted by molar-refractivity contribution is 7.98. The molecule has 18 heavy (non-hydrogen) atoms. The molecule has 96 valence electrons. The molecule has 3 heterocycles. The van der Waals surface area contributed by atoms with E-state index in [-0.39, 0.29) is 11.7 Å². The van der Waals surface area contributed by atoms with Gasteiger partial charge in [-0.05, 0) is 30.2 Å². The van der Waals surface area contributed by atoms with Gasteiger partial charge in [0, 0.05) is 23.6 Å². The van der Waals surface area contributed by atoms with Gasteiger partial charge in [0.1, 0.15) is 0 Å². The van der Waals surface area contributed by atoms with E-state index in [9.17, 15) is 9.59 Å². The van der Waals surface area contributed by atoms with E-state index >= 15 is 0 Å². The van der Waals surface area contributed by atoms with E-state index in [4.69, 9.17) is 0 Å². The molecule has 5 heteroatoms. The largest absolute Gasteiger partial charge is 0.331 e. The van der Waals surface area contributed by atoms with Crippen molar-refractivity contribution in [3.8, 4) is 0 Å². The summed E-state index contributed by atoms with van der Waals surface area (Å²) < 4.78 is 0. The summed E-state index contributed by atoms with van der Waals surface area (Å²) in [7, 11) is 0. The fraction of sp³-hybridized carbons (Fsp3) is 0.538. The minimum atomic E-state index is 0.0486. The lowest BCUT2D eigenvalue weighted by Crippen LogP contribution is -2.39. The molecule has 1 aromatic rings. The quantitative estimate of drug-likeness (QED) is 0.793. The number of ketones is 1. The summed E-state index contributed by atoms with van der Waals surface area (Å²) in [6, 6.07) is 2.04. The van der Waals surface area contributed by atoms with Crippen molar-refractivity contribution in [3.63, 3.8) is 0 Å². The maximum Gasteiger partial charge on any atom is 0.264 e. The van der Waals surface area contributed by atoms with E-state index in [0.717, 1.165) is 35.8 Å². The molecule has 3 rings (SSSR count). The maximum atomic E-state index is 12.3. The molecule has 1 saturated heterocycles. The highest BCUT2D eigenvalue weighted by Gasteiger charge is 2.25. The first kappa shape index (κ1) is 12.2. The number of thioether (sulfide) groups is 1. The second-order valence-electron chi connectivity index (χ2n) is 4.73. The van der Waals surface area contributed by atoms with Crippen molar-refractivity contribution in [3.05, 3.63) is 21.4 Å². The van der Waals surface area contributed by atoms with Gasteiger partial charge in [-0.15, -0.1) is 11.3 Å². The van der Waals surface area contributed by atoms with E-state index in [0.29, 0.717) is 13.0 Å². The number of Topliss-reactive ketones (excluding diaryl/α,β-unsaturated/α-hetero) is 1. The molecule has 0 radical (unpaired) electrons. The second-order valence-corrected chi connectivity index (χ2v) is 6.97. The summed E-state index contributed by atoms with van der Waals surface area (Å²) in [5.74, 6) is 2.42. The van der Waals surface area contributed by atoms with Crippen LogP contribution in [0.1, 0.15) is 33.0 Å². The van der Waals surface area contributed by atoms with Gasteiger partial charge in [-0.1, -0.05) is 0 Å². The minimum Gasteiger partial charge on any atom is -0.331 e. The molecule has 1 fully saturated rings. The van der Waals surface area contributed by atoms with Crippen LogP contribution in [0.25, 0.3) is 0 Å². The molecule has 0 atom stereocenters. The number of carbonyl (C=O) groups is 2. The number of rotatable bonds is 1. The van der Waals surface area contributed by atoms with Gasteiger partial charge in [0.05, 0.1) is 11.4 Å². The summed E-state index contributed by atoms with van der Waals surface area (Å²) in [6.45, 7) is 1.03. The minimum absolute atomic E-state index is 0.0486. The van der Waals surface area contributed by atoms with Crippen molar-refractivity contribution >= 4 is 34.8 Å². The normalized spacial score (nSPS) is 19.8. The molecule has 0 saturated carbocycles. The molecule has 0 aromatic carbocycles. The van der Waals surface area contributed by atoms with Gasteiger partial charge in [-0.2, -0.15) is 11.8 Å². The van der Waals surface area contributed by atoms with Crippen LogP contribution >= 0.6 is 23.1 Å². The number of piperidine rings is 1. The average Bonchev–Trinajstić information content (AvgIpc) is 2.81. The zero-order valence-electron chi connectivity index (χ0n) is 10.1. The number of aryl methyl sites for hydroxylation is 1. The van der Waals surface area contributed by atoms with Crippen LogP contribution in [0.5, 0.6) is 0 Å². The van der Waals surface area contributed by atoms with E-state index in [2.05, 4.69) is 0 Å². The smallest absolute Gasteiger partial charge is 0.264 e. The predicted octanol–water partition coefficient (Wildman–Crippen LogP) is 2.34. The highest BCUT2D eigenvalue weighted by Crippen LogP contribution is 2.32. The number of nitrogens with zero attached hydrogens (tertiary/aromatic N) is 1. The van der Waals surface area contributed by atoms with Gasteiger partial charge in [0.25, 0.3) is 5.91 Å². The van der Waals surface area contributed by atoms with Crippen LogP contribution in [0.3, 0.4) is 0 Å². The third kappa shape index (κ3) is 2.34. The second kappa shape index (κ2) is 5.05. The molecular formula is C13H15NO2S2. The van der Waals surface area contributed by atoms with Crippen molar-refractivity contribution in [2.24, 2.45) is 0 Å². The summed E-state index contributed by atoms with van der Waals surface area (Å²) in [4.78, 5) is 27.6. The summed E-state index contributed by atoms with van der Waals surface area (Å²) >= 11 is 3.55. The molecule has 0 bridgehead atoms. The van der Waals surface area contributed by atoms with Crippen molar-refractivity contribution in [2.45, 2.75) is 25.0 Å². The van der Waals surface area contributed by atoms with Crippen LogP contribution in [-0.4, -0.2) is 35.4 Å². The Morgan fingerprint density at radius 1 is 1.33 bits per heavy atom. The van der Waals surface area contributed by atoms with Crippen LogP contribution in [-0.2, 0) is 17.0 Å². The Labute approximate surface area is 115 Å². The molecule has 2 aliphatic rings. The van der Waals surface area contributed by atoms with Crippen LogP contribution in [0.2, 0.25) is 0 Å². The summed E-state index contributed by atoms with van der Waals surface area (Å²) in [5, 5.41) is 0. The van der Waals surface area contributed by atoms with Gasteiger partial charge in [-0.3, -0.25) is 9.59 Å². The molecular weight excluding hydrogens is 266 g/mol. The summed E-state index contributed by atoms with van der Waals surface area (Å²) in [5.41, 5.74) is 1.32. The molecule has 0 aliphatic carbocycles. The number of hydrogen-bond acceptors (Lipinski definition) is 4. The van der Waals surface area contributed by atoms with Gasteiger partial charge >= 0.3 is 0 Å². The van der Waals surface area contributed by atoms with Crippen molar-refractivity contribution in [1.29, 1.82) is 0 Å². The number of hydrogen-bond donors (Lipinski definition) is 0. The molecule has 0 N–H and O–H groups in total. The Kier molecular flexibility index (Phi) is 3.43. The fourth-order valence-electron chi connectivity index (χ4n) is 2.42. The first-order valence-electron chi connectivity index (χ1n) is 6.24. The van der Waals surface area contributed by atoms with E-state index in [1.165, 1.54) is 10.4 Å². The van der Waals surface area contributed by atoms with Crippen LogP contribution in [0.4, 0.5) is 0 Å². The number of carbonyl (C=O) groups excluding carboxylic acids is 2. The average molecular weight is 281 g/mol. The Morgan fingerprint density at radius 3 is 3.00 bits per heavy atom. The van der Waals surface area contributed by atoms with E-state index in [1.807, 2.05) is 17.8 Å². The maximum absolute atomic E-state index is 12.3. The van der Waals surface area contributed by atoms with Gasteiger partial charge in [-0.25, -0.2) is 0 Å². The Morgan fingerprint density at radius 2 is 2.22 bits per heavy atom. The first-order valence-corrected chi connectivity index (χ1v) is 8.21. The summed E-state index contributed by atoms with van der Waals surface area (Å²) in [6.07, 6.45) is 2.52. The lowest BCUT2D eigenvalue weighted by molar-refractivity contribution is -0.121. The molecule has 2 aliphatic heterocycles. The van der Waals surface area contributed by atoms with Crippen molar-refractivity contribution in [2.75, 3.05) is 18.8 Å². The number of likely N-dealkylation sites (tertiary alicyclic amines) is 1. The van der Waals surface area contributed by atoms with Gasteiger partial charge < -0.3 is 4.90 Å². The molecule has 0 unspecified atom stereocenters. The Balaban J connectivity index is 1.79. The number of amides is 1. The first-order chi connectivity index (χ1) is 8.74. The van der Waals surface area contributed by atoms with Crippen molar-refractivity contribution < 1.29 is 9.59 Å². The highest BCUT2D eigenvalue weighted by atomic mass is 32.2. The van der Waals surface area contributed by atoms with Crippen LogP contribution in [0, 0.1) is 0 Å². The monoisotopic (exact) mass is 281 g/mol. The van der Waals surface area contributed by atoms with Crippen LogP contribution < -0.4 is 0 Å². The zero-order valence-corrected chi connectivity index (χ0v) is 11.7. The Bertz CT molecular complexity index is 472. The van der Waals surface area contributed by atoms with E-state index in [1.54, 1.807) is 16.2 Å². The van der Waals surface area contributed by atoms with Gasteiger partial charge in [0.15, 0.2) is 5.78 Å². The third-order valence-corrected chi connectivity index (χ3v) is 5.61. The van der Waals surface area contributed by atoms with Crippen LogP contribution in [0.15, 0.2) is 6.07 Å². The molecule has 1 amide bonds. The third-order valence-electron chi connectivity index (χ3n) is 3.38. The number of fused-ring (bicyclic) bond motifs is 1. The predicted molar refractivity (Wildman–Crippen MR) is 74.3 cm³/mol. The number of thiophene rings is 1. The topological polar surface area (TPSA) is 37.4 Å².